The van der Waals surface area contributed by atoms with Crippen LogP contribution >= 0.6 is 0 Å². The van der Waals surface area contributed by atoms with Crippen molar-refractivity contribution in [3.8, 4) is 0 Å². The summed E-state index contributed by atoms with van der Waals surface area (Å²) in [5.41, 5.74) is 2.91. The molecule has 20 heavy (non-hydrogen) atoms. The minimum Gasteiger partial charge on any atom is -0.475 e. The fraction of sp³-hybridized carbons (Fsp3) is 0.125. The number of aromatic nitrogens is 2. The maximum Gasteiger partial charge on any atom is 0.372 e. The molecule has 0 aliphatic carbocycles. The van der Waals surface area contributed by atoms with Gasteiger partial charge >= 0.3 is 5.97 Å². The summed E-state index contributed by atoms with van der Waals surface area (Å²) >= 11 is 0. The monoisotopic (exact) mass is 266 g/mol. The van der Waals surface area contributed by atoms with E-state index in [1.54, 1.807) is 10.6 Å². The molecule has 4 heteroatoms. The van der Waals surface area contributed by atoms with Crippen molar-refractivity contribution in [2.75, 3.05) is 0 Å². The molecule has 4 nitrogen and oxygen atoms in total. The van der Waals surface area contributed by atoms with E-state index in [1.807, 2.05) is 36.4 Å². The Hall–Kier alpha value is -2.62. The zero-order chi connectivity index (χ0) is 13.9. The molecular weight excluding hydrogens is 252 g/mol. The quantitative estimate of drug-likeness (QED) is 0.790. The number of fused-ring (bicyclic) bond motifs is 1. The zero-order valence-corrected chi connectivity index (χ0v) is 10.9. The summed E-state index contributed by atoms with van der Waals surface area (Å²) in [6, 6.07) is 15.7. The van der Waals surface area contributed by atoms with Crippen molar-refractivity contribution >= 4 is 11.5 Å². The SMILES string of the molecule is O=C(O)c1nc(CCc2ccccc2)c2ccccn12. The summed E-state index contributed by atoms with van der Waals surface area (Å²) in [7, 11) is 0. The van der Waals surface area contributed by atoms with E-state index in [-0.39, 0.29) is 5.82 Å². The fourth-order valence-corrected chi connectivity index (χ4v) is 2.34. The van der Waals surface area contributed by atoms with Gasteiger partial charge < -0.3 is 5.11 Å². The van der Waals surface area contributed by atoms with Gasteiger partial charge in [-0.3, -0.25) is 4.40 Å². The number of carbonyl (C=O) groups is 1. The fourth-order valence-electron chi connectivity index (χ4n) is 2.34. The Balaban J connectivity index is 1.94. The normalized spacial score (nSPS) is 10.8. The van der Waals surface area contributed by atoms with Gasteiger partial charge in [0.05, 0.1) is 11.2 Å². The van der Waals surface area contributed by atoms with Gasteiger partial charge in [0, 0.05) is 6.20 Å². The van der Waals surface area contributed by atoms with Crippen LogP contribution in [0.5, 0.6) is 0 Å². The Labute approximate surface area is 116 Å². The lowest BCUT2D eigenvalue weighted by Gasteiger charge is -2.00. The number of imidazole rings is 1. The van der Waals surface area contributed by atoms with Gasteiger partial charge in [0.1, 0.15) is 0 Å². The molecule has 3 aromatic rings. The van der Waals surface area contributed by atoms with Crippen LogP contribution in [0.3, 0.4) is 0 Å². The lowest BCUT2D eigenvalue weighted by molar-refractivity contribution is 0.0682. The van der Waals surface area contributed by atoms with Gasteiger partial charge in [0.25, 0.3) is 0 Å². The number of aromatic carboxylic acids is 1. The summed E-state index contributed by atoms with van der Waals surface area (Å²) in [6.45, 7) is 0. The lowest BCUT2D eigenvalue weighted by Crippen LogP contribution is -2.03. The Kier molecular flexibility index (Phi) is 3.21. The number of rotatable bonds is 4. The van der Waals surface area contributed by atoms with Crippen LogP contribution in [0.4, 0.5) is 0 Å². The van der Waals surface area contributed by atoms with Crippen LogP contribution in [0.25, 0.3) is 5.52 Å². The number of pyridine rings is 1. The molecule has 1 aromatic carbocycles. The van der Waals surface area contributed by atoms with Crippen molar-refractivity contribution < 1.29 is 9.90 Å². The van der Waals surface area contributed by atoms with Gasteiger partial charge in [-0.05, 0) is 30.5 Å². The Morgan fingerprint density at radius 2 is 1.80 bits per heavy atom. The van der Waals surface area contributed by atoms with Crippen molar-refractivity contribution in [1.82, 2.24) is 9.38 Å². The topological polar surface area (TPSA) is 54.6 Å². The molecule has 0 unspecified atom stereocenters. The van der Waals surface area contributed by atoms with Gasteiger partial charge in [0.2, 0.25) is 5.82 Å². The van der Waals surface area contributed by atoms with Gasteiger partial charge in [-0.2, -0.15) is 0 Å². The molecule has 0 saturated carbocycles. The van der Waals surface area contributed by atoms with Gasteiger partial charge in [-0.15, -0.1) is 0 Å². The third kappa shape index (κ3) is 2.28. The van der Waals surface area contributed by atoms with Crippen LogP contribution in [-0.2, 0) is 12.8 Å². The summed E-state index contributed by atoms with van der Waals surface area (Å²) in [5, 5.41) is 9.20. The van der Waals surface area contributed by atoms with E-state index in [0.29, 0.717) is 0 Å². The van der Waals surface area contributed by atoms with Crippen molar-refractivity contribution in [3.63, 3.8) is 0 Å². The van der Waals surface area contributed by atoms with Crippen molar-refractivity contribution in [3.05, 3.63) is 71.8 Å². The van der Waals surface area contributed by atoms with Crippen molar-refractivity contribution in [1.29, 1.82) is 0 Å². The summed E-state index contributed by atoms with van der Waals surface area (Å²) < 4.78 is 1.63. The summed E-state index contributed by atoms with van der Waals surface area (Å²) in [6.07, 6.45) is 3.31. The number of benzene rings is 1. The molecule has 0 radical (unpaired) electrons. The Bertz CT molecular complexity index is 748. The molecule has 2 aromatic heterocycles. The second kappa shape index (κ2) is 5.17. The molecule has 0 bridgehead atoms. The van der Waals surface area contributed by atoms with Crippen LogP contribution in [0.1, 0.15) is 21.9 Å². The van der Waals surface area contributed by atoms with Gasteiger partial charge in [-0.25, -0.2) is 9.78 Å². The van der Waals surface area contributed by atoms with E-state index in [2.05, 4.69) is 17.1 Å². The van der Waals surface area contributed by atoms with E-state index in [4.69, 9.17) is 0 Å². The van der Waals surface area contributed by atoms with Crippen molar-refractivity contribution in [2.24, 2.45) is 0 Å². The highest BCUT2D eigenvalue weighted by atomic mass is 16.4. The van der Waals surface area contributed by atoms with Crippen LogP contribution in [0.2, 0.25) is 0 Å². The highest BCUT2D eigenvalue weighted by molar-refractivity contribution is 5.85. The van der Waals surface area contributed by atoms with E-state index in [0.717, 1.165) is 24.1 Å². The molecule has 0 aliphatic heterocycles. The molecule has 3 rings (SSSR count). The Morgan fingerprint density at radius 3 is 2.55 bits per heavy atom. The molecule has 0 fully saturated rings. The van der Waals surface area contributed by atoms with Crippen LogP contribution in [0, 0.1) is 0 Å². The van der Waals surface area contributed by atoms with E-state index in [9.17, 15) is 9.90 Å². The molecule has 0 saturated heterocycles. The molecule has 0 atom stereocenters. The third-order valence-corrected chi connectivity index (χ3v) is 3.31. The average Bonchev–Trinajstić information content (AvgIpc) is 2.85. The largest absolute Gasteiger partial charge is 0.475 e. The first kappa shape index (κ1) is 12.4. The molecule has 100 valence electrons. The number of aryl methyl sites for hydroxylation is 2. The Morgan fingerprint density at radius 1 is 1.05 bits per heavy atom. The highest BCUT2D eigenvalue weighted by Crippen LogP contribution is 2.15. The maximum atomic E-state index is 11.2. The predicted octanol–water partition coefficient (Wildman–Crippen LogP) is 2.82. The molecule has 2 heterocycles. The van der Waals surface area contributed by atoms with E-state index >= 15 is 0 Å². The summed E-state index contributed by atoms with van der Waals surface area (Å²) in [5.74, 6) is -0.930. The first-order valence-electron chi connectivity index (χ1n) is 6.49. The average molecular weight is 266 g/mol. The van der Waals surface area contributed by atoms with Gasteiger partial charge in [-0.1, -0.05) is 36.4 Å². The van der Waals surface area contributed by atoms with Gasteiger partial charge in [0.15, 0.2) is 0 Å². The maximum absolute atomic E-state index is 11.2. The molecule has 0 spiro atoms. The molecule has 0 aliphatic rings. The standard InChI is InChI=1S/C16H14N2O2/c19-16(20)15-17-13(14-8-4-5-11-18(14)15)10-9-12-6-2-1-3-7-12/h1-8,11H,9-10H2,(H,19,20). The third-order valence-electron chi connectivity index (χ3n) is 3.31. The highest BCUT2D eigenvalue weighted by Gasteiger charge is 2.15. The number of hydrogen-bond acceptors (Lipinski definition) is 2. The van der Waals surface area contributed by atoms with Crippen LogP contribution < -0.4 is 0 Å². The number of hydrogen-bond donors (Lipinski definition) is 1. The van der Waals surface area contributed by atoms with Crippen LogP contribution in [0.15, 0.2) is 54.7 Å². The first-order valence-corrected chi connectivity index (χ1v) is 6.49. The second-order valence-corrected chi connectivity index (χ2v) is 4.63. The second-order valence-electron chi connectivity index (χ2n) is 4.63. The van der Waals surface area contributed by atoms with E-state index in [1.165, 1.54) is 5.56 Å². The molecular formula is C16H14N2O2. The minimum atomic E-state index is -1.00. The first-order chi connectivity index (χ1) is 9.75. The smallest absolute Gasteiger partial charge is 0.372 e. The summed E-state index contributed by atoms with van der Waals surface area (Å²) in [4.78, 5) is 15.5. The number of carboxylic acids is 1. The predicted molar refractivity (Wildman–Crippen MR) is 76.0 cm³/mol. The van der Waals surface area contributed by atoms with E-state index < -0.39 is 5.97 Å². The number of nitrogens with zero attached hydrogens (tertiary/aromatic N) is 2. The zero-order valence-electron chi connectivity index (χ0n) is 10.9. The van der Waals surface area contributed by atoms with Crippen LogP contribution in [-0.4, -0.2) is 20.5 Å². The lowest BCUT2D eigenvalue weighted by atomic mass is 10.1. The number of carboxylic acid groups (broad SMARTS) is 1. The minimum absolute atomic E-state index is 0.0728. The molecule has 0 amide bonds. The molecule has 1 N–H and O–H groups in total. The van der Waals surface area contributed by atoms with Crippen molar-refractivity contribution in [2.45, 2.75) is 12.8 Å².